The summed E-state index contributed by atoms with van der Waals surface area (Å²) in [6.45, 7) is 1.45. The smallest absolute Gasteiger partial charge is 0.407 e. The molecule has 1 saturated heterocycles. The van der Waals surface area contributed by atoms with Crippen molar-refractivity contribution in [1.82, 2.24) is 10.2 Å². The lowest BCUT2D eigenvalue weighted by molar-refractivity contribution is -0.141. The molecule has 0 aromatic heterocycles. The fourth-order valence-electron chi connectivity index (χ4n) is 6.67. The van der Waals surface area contributed by atoms with Crippen molar-refractivity contribution in [3.8, 4) is 11.1 Å². The van der Waals surface area contributed by atoms with E-state index in [1.165, 1.54) is 22.3 Å². The molecule has 0 radical (unpaired) electrons. The summed E-state index contributed by atoms with van der Waals surface area (Å²) in [5.74, 6) is -0.302. The van der Waals surface area contributed by atoms with Crippen LogP contribution >= 0.6 is 0 Å². The number of nitrogens with one attached hydrogen (secondary N) is 1. The minimum absolute atomic E-state index is 0.0202. The van der Waals surface area contributed by atoms with Gasteiger partial charge in [-0.3, -0.25) is 9.59 Å². The number of carboxylic acids is 1. The molecule has 2 aromatic rings. The molecule has 0 bridgehead atoms. The average Bonchev–Trinajstić information content (AvgIpc) is 3.17. The molecule has 2 aromatic carbocycles. The zero-order valence-corrected chi connectivity index (χ0v) is 19.6. The Morgan fingerprint density at radius 1 is 0.943 bits per heavy atom. The molecule has 3 aliphatic carbocycles. The molecular weight excluding hydrogens is 444 g/mol. The van der Waals surface area contributed by atoms with Crippen LogP contribution in [-0.2, 0) is 14.3 Å². The Hall–Kier alpha value is -3.35. The van der Waals surface area contributed by atoms with Gasteiger partial charge in [-0.15, -0.1) is 0 Å². The number of likely N-dealkylation sites (tertiary alicyclic amines) is 1. The van der Waals surface area contributed by atoms with Gasteiger partial charge in [-0.25, -0.2) is 4.79 Å². The van der Waals surface area contributed by atoms with Crippen LogP contribution in [0, 0.1) is 23.7 Å². The first-order valence-corrected chi connectivity index (χ1v) is 12.6. The van der Waals surface area contributed by atoms with Crippen LogP contribution in [0.3, 0.4) is 0 Å². The van der Waals surface area contributed by atoms with E-state index in [2.05, 4.69) is 29.6 Å². The fraction of sp³-hybridized carbons (Fsp3) is 0.464. The maximum Gasteiger partial charge on any atom is 0.407 e. The van der Waals surface area contributed by atoms with Crippen molar-refractivity contribution in [3.05, 3.63) is 59.7 Å². The van der Waals surface area contributed by atoms with Crippen molar-refractivity contribution >= 4 is 18.0 Å². The van der Waals surface area contributed by atoms with Gasteiger partial charge in [0.2, 0.25) is 5.91 Å². The number of carbonyl (C=O) groups excluding carboxylic acids is 2. The number of alkyl carbamates (subject to hydrolysis) is 1. The quantitative estimate of drug-likeness (QED) is 0.663. The van der Waals surface area contributed by atoms with E-state index in [0.717, 1.165) is 19.3 Å². The second kappa shape index (κ2) is 8.70. The number of ether oxygens (including phenoxy) is 1. The highest BCUT2D eigenvalue weighted by Crippen LogP contribution is 2.52. The van der Waals surface area contributed by atoms with E-state index in [1.807, 2.05) is 29.2 Å². The number of carbonyl (C=O) groups is 3. The molecule has 7 nitrogen and oxygen atoms in total. The molecular formula is C28H30N2O5. The Labute approximate surface area is 204 Å². The van der Waals surface area contributed by atoms with Crippen molar-refractivity contribution in [2.45, 2.75) is 37.6 Å². The van der Waals surface area contributed by atoms with E-state index in [9.17, 15) is 14.4 Å². The number of rotatable bonds is 6. The minimum Gasteiger partial charge on any atom is -0.481 e. The lowest BCUT2D eigenvalue weighted by Gasteiger charge is -2.21. The van der Waals surface area contributed by atoms with Crippen LogP contribution in [0.5, 0.6) is 0 Å². The van der Waals surface area contributed by atoms with Gasteiger partial charge < -0.3 is 20.1 Å². The lowest BCUT2D eigenvalue weighted by Crippen LogP contribution is -2.35. The van der Waals surface area contributed by atoms with E-state index >= 15 is 0 Å². The van der Waals surface area contributed by atoms with Gasteiger partial charge in [-0.1, -0.05) is 48.5 Å². The van der Waals surface area contributed by atoms with Crippen molar-refractivity contribution < 1.29 is 24.2 Å². The summed E-state index contributed by atoms with van der Waals surface area (Å²) in [6.07, 6.45) is 2.59. The molecule has 2 amide bonds. The van der Waals surface area contributed by atoms with Crippen LogP contribution in [0.15, 0.2) is 48.5 Å². The van der Waals surface area contributed by atoms with Gasteiger partial charge in [-0.2, -0.15) is 0 Å². The lowest BCUT2D eigenvalue weighted by atomic mass is 9.98. The molecule has 35 heavy (non-hydrogen) atoms. The van der Waals surface area contributed by atoms with E-state index in [1.54, 1.807) is 0 Å². The maximum atomic E-state index is 12.7. The number of hydrogen-bond acceptors (Lipinski definition) is 4. The van der Waals surface area contributed by atoms with Crippen LogP contribution in [0.2, 0.25) is 0 Å². The predicted octanol–water partition coefficient (Wildman–Crippen LogP) is 3.87. The highest BCUT2D eigenvalue weighted by molar-refractivity contribution is 5.80. The van der Waals surface area contributed by atoms with Crippen molar-refractivity contribution in [2.24, 2.45) is 23.7 Å². The van der Waals surface area contributed by atoms with Crippen LogP contribution in [0.25, 0.3) is 11.1 Å². The van der Waals surface area contributed by atoms with Crippen molar-refractivity contribution in [2.75, 3.05) is 19.7 Å². The zero-order chi connectivity index (χ0) is 24.1. The van der Waals surface area contributed by atoms with Gasteiger partial charge in [0.1, 0.15) is 6.61 Å². The molecule has 2 saturated carbocycles. The summed E-state index contributed by atoms with van der Waals surface area (Å²) in [7, 11) is 0. The molecule has 3 fully saturated rings. The van der Waals surface area contributed by atoms with Crippen LogP contribution in [-0.4, -0.2) is 53.7 Å². The number of carboxylic acid groups (broad SMARTS) is 1. The van der Waals surface area contributed by atoms with Gasteiger partial charge in [-0.05, 0) is 59.3 Å². The Kier molecular flexibility index (Phi) is 5.50. The summed E-state index contributed by atoms with van der Waals surface area (Å²) in [6, 6.07) is 16.6. The Morgan fingerprint density at radius 2 is 1.57 bits per heavy atom. The maximum absolute atomic E-state index is 12.7. The van der Waals surface area contributed by atoms with Crippen LogP contribution in [0.1, 0.15) is 42.7 Å². The molecule has 182 valence electrons. The summed E-state index contributed by atoms with van der Waals surface area (Å²) < 4.78 is 5.67. The topological polar surface area (TPSA) is 95.9 Å². The summed E-state index contributed by atoms with van der Waals surface area (Å²) in [5, 5.41) is 12.2. The normalized spacial score (nSPS) is 28.2. The molecule has 4 aliphatic rings. The van der Waals surface area contributed by atoms with Crippen LogP contribution in [0.4, 0.5) is 4.79 Å². The number of nitrogens with zero attached hydrogens (tertiary/aromatic N) is 1. The second-order valence-corrected chi connectivity index (χ2v) is 10.5. The first kappa shape index (κ1) is 22.1. The largest absolute Gasteiger partial charge is 0.481 e. The molecule has 7 heteroatoms. The van der Waals surface area contributed by atoms with Gasteiger partial charge in [0.05, 0.1) is 5.92 Å². The van der Waals surface area contributed by atoms with Gasteiger partial charge in [0.15, 0.2) is 0 Å². The number of amides is 2. The van der Waals surface area contributed by atoms with Gasteiger partial charge in [0.25, 0.3) is 0 Å². The molecule has 0 spiro atoms. The zero-order valence-electron chi connectivity index (χ0n) is 19.6. The molecule has 1 unspecified atom stereocenters. The monoisotopic (exact) mass is 474 g/mol. The number of aliphatic carboxylic acids is 1. The summed E-state index contributed by atoms with van der Waals surface area (Å²) in [4.78, 5) is 38.2. The highest BCUT2D eigenvalue weighted by atomic mass is 16.5. The van der Waals surface area contributed by atoms with Gasteiger partial charge in [0, 0.05) is 31.5 Å². The Bertz CT molecular complexity index is 1120. The van der Waals surface area contributed by atoms with Crippen LogP contribution < -0.4 is 5.32 Å². The van der Waals surface area contributed by atoms with Gasteiger partial charge >= 0.3 is 12.1 Å². The predicted molar refractivity (Wildman–Crippen MR) is 129 cm³/mol. The minimum atomic E-state index is -0.731. The fourth-order valence-corrected chi connectivity index (χ4v) is 6.67. The van der Waals surface area contributed by atoms with E-state index in [4.69, 9.17) is 9.84 Å². The summed E-state index contributed by atoms with van der Waals surface area (Å²) in [5.41, 5.74) is 4.79. The molecule has 1 aliphatic heterocycles. The first-order valence-electron chi connectivity index (χ1n) is 12.6. The third kappa shape index (κ3) is 4.07. The van der Waals surface area contributed by atoms with E-state index in [-0.39, 0.29) is 41.5 Å². The third-order valence-corrected chi connectivity index (χ3v) is 8.50. The third-order valence-electron chi connectivity index (χ3n) is 8.50. The summed E-state index contributed by atoms with van der Waals surface area (Å²) >= 11 is 0. The van der Waals surface area contributed by atoms with Crippen molar-refractivity contribution in [1.29, 1.82) is 0 Å². The standard InChI is InChI=1S/C28H30N2O5/c31-25(30-13-22-23(14-30)26(22)27(32)33)12-16-9-10-17(11-16)29-28(34)35-15-24-20-7-3-1-5-18(20)19-6-2-4-8-21(19)24/h1-8,16-17,22-24,26H,9-15H2,(H,29,34)(H,32,33)/t16-,17+,22-,23+,26?/m1/s1. The molecule has 1 heterocycles. The molecule has 6 rings (SSSR count). The Morgan fingerprint density at radius 3 is 2.20 bits per heavy atom. The Balaban J connectivity index is 0.972. The van der Waals surface area contributed by atoms with E-state index in [0.29, 0.717) is 26.1 Å². The number of hydrogen-bond donors (Lipinski definition) is 2. The molecule has 2 N–H and O–H groups in total. The van der Waals surface area contributed by atoms with Crippen molar-refractivity contribution in [3.63, 3.8) is 0 Å². The second-order valence-electron chi connectivity index (χ2n) is 10.5. The molecule has 5 atom stereocenters. The average molecular weight is 475 g/mol. The van der Waals surface area contributed by atoms with E-state index < -0.39 is 12.1 Å². The number of fused-ring (bicyclic) bond motifs is 4. The first-order chi connectivity index (χ1) is 17.0. The number of piperidine rings is 1. The number of benzene rings is 2. The highest BCUT2D eigenvalue weighted by Gasteiger charge is 2.60. The SMILES string of the molecule is O=C(N[C@H]1CC[C@@H](CC(=O)N2C[C@@H]3C(C(=O)O)[C@@H]3C2)C1)OCC1c2ccccc2-c2ccccc21.